The van der Waals surface area contributed by atoms with E-state index in [9.17, 15) is 31.1 Å². The molecule has 0 spiro atoms. The Bertz CT molecular complexity index is 891. The first-order valence-corrected chi connectivity index (χ1v) is 12.4. The van der Waals surface area contributed by atoms with E-state index in [2.05, 4.69) is 10.6 Å². The summed E-state index contributed by atoms with van der Waals surface area (Å²) >= 11 is 2.08. The molecule has 4 nitrogen and oxygen atoms in total. The van der Waals surface area contributed by atoms with Gasteiger partial charge in [-0.3, -0.25) is 0 Å². The summed E-state index contributed by atoms with van der Waals surface area (Å²) < 4.78 is 80.8. The summed E-state index contributed by atoms with van der Waals surface area (Å²) in [6, 6.07) is 5.77. The van der Waals surface area contributed by atoms with E-state index in [1.807, 2.05) is 6.92 Å². The molecule has 0 heterocycles. The maximum atomic E-state index is 13.5. The zero-order chi connectivity index (χ0) is 25.4. The van der Waals surface area contributed by atoms with Crippen LogP contribution in [0.15, 0.2) is 46.2 Å². The number of carbonyl (C=O) groups is 1. The fraction of sp³-hybridized carbons (Fsp3) is 0.409. The Labute approximate surface area is 202 Å². The van der Waals surface area contributed by atoms with Gasteiger partial charge in [0.15, 0.2) is 0 Å². The van der Waals surface area contributed by atoms with Crippen LogP contribution in [-0.2, 0) is 12.4 Å². The van der Waals surface area contributed by atoms with Gasteiger partial charge in [0.1, 0.15) is 0 Å². The van der Waals surface area contributed by atoms with Crippen molar-refractivity contribution in [3.05, 3.63) is 47.5 Å². The molecule has 0 atom stereocenters. The van der Waals surface area contributed by atoms with Crippen LogP contribution in [0.2, 0.25) is 0 Å². The number of nitrogens with one attached hydrogen (secondary N) is 2. The lowest BCUT2D eigenvalue weighted by molar-refractivity contribution is -0.140. The van der Waals surface area contributed by atoms with Crippen molar-refractivity contribution >= 4 is 40.9 Å². The predicted molar refractivity (Wildman–Crippen MR) is 126 cm³/mol. The smallest absolute Gasteiger partial charge is 0.330 e. The van der Waals surface area contributed by atoms with Crippen LogP contribution in [0, 0.1) is 0 Å². The van der Waals surface area contributed by atoms with Gasteiger partial charge in [-0.05, 0) is 67.3 Å². The molecule has 0 unspecified atom stereocenters. The lowest BCUT2D eigenvalue weighted by atomic mass is 10.2. The summed E-state index contributed by atoms with van der Waals surface area (Å²) in [5.74, 6) is 0.927. The monoisotopic (exact) mass is 525 g/mol. The van der Waals surface area contributed by atoms with Crippen molar-refractivity contribution in [1.29, 1.82) is 0 Å². The second-order valence-corrected chi connectivity index (χ2v) is 9.46. The quantitative estimate of drug-likeness (QED) is 0.169. The molecule has 12 heteroatoms. The largest absolute Gasteiger partial charge is 0.417 e. The van der Waals surface area contributed by atoms with Crippen LogP contribution in [-0.4, -0.2) is 24.1 Å². The Balaban J connectivity index is 2.17. The van der Waals surface area contributed by atoms with Gasteiger partial charge in [0.05, 0.1) is 11.1 Å². The zero-order valence-corrected chi connectivity index (χ0v) is 19.9. The minimum atomic E-state index is -4.65. The minimum absolute atomic E-state index is 0.00195. The van der Waals surface area contributed by atoms with E-state index in [-0.39, 0.29) is 21.2 Å². The molecule has 4 N–H and O–H groups in total. The van der Waals surface area contributed by atoms with Crippen LogP contribution in [0.25, 0.3) is 0 Å². The third kappa shape index (κ3) is 8.62. The second kappa shape index (κ2) is 12.6. The van der Waals surface area contributed by atoms with Crippen molar-refractivity contribution in [1.82, 2.24) is 0 Å². The Hall–Kier alpha value is -2.05. The molecule has 2 aromatic rings. The molecule has 2 amide bonds. The first-order valence-electron chi connectivity index (χ1n) is 10.4. The van der Waals surface area contributed by atoms with Crippen molar-refractivity contribution in [2.24, 2.45) is 5.73 Å². The van der Waals surface area contributed by atoms with Gasteiger partial charge < -0.3 is 16.4 Å². The van der Waals surface area contributed by atoms with E-state index < -0.39 is 29.5 Å². The lowest BCUT2D eigenvalue weighted by Crippen LogP contribution is -2.20. The van der Waals surface area contributed by atoms with Crippen molar-refractivity contribution < 1.29 is 31.1 Å². The van der Waals surface area contributed by atoms with Crippen LogP contribution in [0.3, 0.4) is 0 Å². The highest BCUT2D eigenvalue weighted by atomic mass is 32.2. The van der Waals surface area contributed by atoms with Gasteiger partial charge in [-0.15, -0.1) is 23.5 Å². The van der Waals surface area contributed by atoms with Crippen molar-refractivity contribution in [2.75, 3.05) is 28.7 Å². The van der Waals surface area contributed by atoms with Gasteiger partial charge in [0.25, 0.3) is 0 Å². The molecule has 188 valence electrons. The predicted octanol–water partition coefficient (Wildman–Crippen LogP) is 7.70. The topological polar surface area (TPSA) is 67.2 Å². The lowest BCUT2D eigenvalue weighted by Gasteiger charge is -2.16. The molecule has 0 aliphatic heterocycles. The van der Waals surface area contributed by atoms with E-state index in [0.717, 1.165) is 48.5 Å². The molecule has 0 bridgehead atoms. The normalized spacial score (nSPS) is 12.0. The molecular weight excluding hydrogens is 500 g/mol. The first-order chi connectivity index (χ1) is 16.0. The maximum Gasteiger partial charge on any atom is 0.417 e. The van der Waals surface area contributed by atoms with Crippen LogP contribution >= 0.6 is 23.5 Å². The van der Waals surface area contributed by atoms with E-state index in [4.69, 9.17) is 5.73 Å². The van der Waals surface area contributed by atoms with Gasteiger partial charge in [0, 0.05) is 21.2 Å². The number of rotatable bonds is 10. The molecule has 2 rings (SSSR count). The molecule has 0 fully saturated rings. The summed E-state index contributed by atoms with van der Waals surface area (Å²) in [5.41, 5.74) is 3.30. The molecule has 0 aliphatic rings. The number of halogens is 6. The number of alkyl halides is 6. The number of benzene rings is 2. The summed E-state index contributed by atoms with van der Waals surface area (Å²) in [4.78, 5) is 12.3. The van der Waals surface area contributed by atoms with Crippen LogP contribution < -0.4 is 16.4 Å². The molecule has 0 saturated carbocycles. The second-order valence-electron chi connectivity index (χ2n) is 7.19. The summed E-state index contributed by atoms with van der Waals surface area (Å²) in [6.45, 7) is 2.28. The molecule has 0 aromatic heterocycles. The standard InChI is InChI=1S/C22H25F6N3OS2/c1-2-3-10-33-18-7-5-14(12-16(18)21(23,24)25)30-20(32)31-15-6-8-19(34-11-4-9-29)17(13-15)22(26,27)28/h5-8,12-13H,2-4,9-11,29H2,1H3,(H2,30,31,32). The molecule has 2 aromatic carbocycles. The first kappa shape index (κ1) is 28.2. The third-order valence-corrected chi connectivity index (χ3v) is 6.77. The van der Waals surface area contributed by atoms with Gasteiger partial charge >= 0.3 is 18.4 Å². The maximum absolute atomic E-state index is 13.5. The van der Waals surface area contributed by atoms with Crippen molar-refractivity contribution in [2.45, 2.75) is 48.3 Å². The zero-order valence-electron chi connectivity index (χ0n) is 18.3. The number of nitrogens with two attached hydrogens (primary N) is 1. The van der Waals surface area contributed by atoms with E-state index in [1.54, 1.807) is 0 Å². The van der Waals surface area contributed by atoms with E-state index in [1.165, 1.54) is 24.3 Å². The summed E-state index contributed by atoms with van der Waals surface area (Å²) in [5, 5.41) is 4.50. The highest BCUT2D eigenvalue weighted by molar-refractivity contribution is 7.99. The fourth-order valence-corrected chi connectivity index (χ4v) is 4.97. The van der Waals surface area contributed by atoms with Crippen LogP contribution in [0.1, 0.15) is 37.3 Å². The van der Waals surface area contributed by atoms with Crippen molar-refractivity contribution in [3.63, 3.8) is 0 Å². The number of amides is 2. The van der Waals surface area contributed by atoms with Crippen LogP contribution in [0.5, 0.6) is 0 Å². The average molecular weight is 526 g/mol. The highest BCUT2D eigenvalue weighted by Crippen LogP contribution is 2.40. The number of urea groups is 1. The fourth-order valence-electron chi connectivity index (χ4n) is 2.80. The summed E-state index contributed by atoms with van der Waals surface area (Å²) in [6.07, 6.45) is -7.12. The van der Waals surface area contributed by atoms with Gasteiger partial charge in [0.2, 0.25) is 0 Å². The number of thioether (sulfide) groups is 2. The Morgan fingerprint density at radius 3 is 1.65 bits per heavy atom. The molecule has 0 aliphatic carbocycles. The van der Waals surface area contributed by atoms with Gasteiger partial charge in [-0.25, -0.2) is 4.79 Å². The summed E-state index contributed by atoms with van der Waals surface area (Å²) in [7, 11) is 0. The Morgan fingerprint density at radius 1 is 0.824 bits per heavy atom. The number of hydrogen-bond acceptors (Lipinski definition) is 4. The number of hydrogen-bond donors (Lipinski definition) is 3. The molecule has 0 saturated heterocycles. The number of carbonyl (C=O) groups excluding carboxylic acids is 1. The van der Waals surface area contributed by atoms with Gasteiger partial charge in [-0.1, -0.05) is 13.3 Å². The van der Waals surface area contributed by atoms with E-state index >= 15 is 0 Å². The van der Waals surface area contributed by atoms with Gasteiger partial charge in [-0.2, -0.15) is 26.3 Å². The Kier molecular flexibility index (Phi) is 10.4. The molecule has 0 radical (unpaired) electrons. The highest BCUT2D eigenvalue weighted by Gasteiger charge is 2.35. The minimum Gasteiger partial charge on any atom is -0.330 e. The van der Waals surface area contributed by atoms with Crippen LogP contribution in [0.4, 0.5) is 42.5 Å². The Morgan fingerprint density at radius 2 is 1.26 bits per heavy atom. The van der Waals surface area contributed by atoms with E-state index in [0.29, 0.717) is 24.5 Å². The number of anilines is 2. The SMILES string of the molecule is CCCCSc1ccc(NC(=O)Nc2ccc(SCCCN)c(C(F)(F)F)c2)cc1C(F)(F)F. The third-order valence-electron chi connectivity index (χ3n) is 4.45. The number of unbranched alkanes of at least 4 members (excludes halogenated alkanes) is 1. The molecular formula is C22H25F6N3OS2. The molecule has 34 heavy (non-hydrogen) atoms. The average Bonchev–Trinajstić information content (AvgIpc) is 2.74. The van der Waals surface area contributed by atoms with Crippen molar-refractivity contribution in [3.8, 4) is 0 Å².